The third-order valence-electron chi connectivity index (χ3n) is 3.32. The van der Waals surface area contributed by atoms with E-state index in [1.54, 1.807) is 7.05 Å². The first-order chi connectivity index (χ1) is 8.99. The molecule has 0 spiro atoms. The van der Waals surface area contributed by atoms with Gasteiger partial charge in [0.25, 0.3) is 0 Å². The number of piperazine rings is 1. The van der Waals surface area contributed by atoms with Crippen molar-refractivity contribution in [2.75, 3.05) is 32.7 Å². The molecule has 1 aromatic rings. The van der Waals surface area contributed by atoms with Crippen LogP contribution in [0.4, 0.5) is 0 Å². The molecule has 2 N–H and O–H groups in total. The quantitative estimate of drug-likeness (QED) is 0.757. The Balaban J connectivity index is 0.00000200. The van der Waals surface area contributed by atoms with E-state index >= 15 is 0 Å². The number of hydrogen-bond donors (Lipinski definition) is 2. The van der Waals surface area contributed by atoms with Gasteiger partial charge in [0.2, 0.25) is 10.0 Å². The molecule has 1 aliphatic heterocycles. The maximum absolute atomic E-state index is 12.0. The molecule has 0 unspecified atom stereocenters. The lowest BCUT2D eigenvalue weighted by Gasteiger charge is -2.33. The molecule has 0 aromatic carbocycles. The first-order valence-corrected chi connectivity index (χ1v) is 7.90. The fourth-order valence-electron chi connectivity index (χ4n) is 2.16. The Kier molecular flexibility index (Phi) is 6.41. The molecule has 7 nitrogen and oxygen atoms in total. The number of nitrogens with one attached hydrogen (secondary N) is 2. The van der Waals surface area contributed by atoms with Crippen molar-refractivity contribution in [3.05, 3.63) is 12.4 Å². The molecule has 1 fully saturated rings. The lowest BCUT2D eigenvalue weighted by atomic mass is 10.2. The van der Waals surface area contributed by atoms with Gasteiger partial charge in [0.05, 0.1) is 6.20 Å². The van der Waals surface area contributed by atoms with E-state index in [0.29, 0.717) is 12.6 Å². The molecule has 1 atom stereocenters. The van der Waals surface area contributed by atoms with Crippen LogP contribution in [-0.4, -0.2) is 61.9 Å². The fourth-order valence-corrected chi connectivity index (χ4v) is 3.16. The van der Waals surface area contributed by atoms with Crippen molar-refractivity contribution < 1.29 is 8.42 Å². The molecule has 0 amide bonds. The monoisotopic (exact) mass is 323 g/mol. The number of nitrogens with zero attached hydrogens (tertiary/aromatic N) is 3. The average molecular weight is 324 g/mol. The highest BCUT2D eigenvalue weighted by Crippen LogP contribution is 2.06. The summed E-state index contributed by atoms with van der Waals surface area (Å²) in [6, 6.07) is 0.441. The standard InChI is InChI=1S/C11H21N5O2S.ClH/c1-10-7-12-3-5-16(10)6-4-14-19(17,18)11-8-13-15(2)9-11;/h8-10,12,14H,3-7H2,1-2H3;1H/t10-;/m1./s1. The van der Waals surface area contributed by atoms with E-state index in [0.717, 1.165) is 26.2 Å². The highest BCUT2D eigenvalue weighted by atomic mass is 35.5. The second-order valence-electron chi connectivity index (χ2n) is 4.84. The summed E-state index contributed by atoms with van der Waals surface area (Å²) in [5.74, 6) is 0. The van der Waals surface area contributed by atoms with Gasteiger partial charge in [-0.2, -0.15) is 5.10 Å². The third-order valence-corrected chi connectivity index (χ3v) is 4.74. The summed E-state index contributed by atoms with van der Waals surface area (Å²) in [6.45, 7) is 6.15. The van der Waals surface area contributed by atoms with Crippen molar-refractivity contribution in [3.8, 4) is 0 Å². The van der Waals surface area contributed by atoms with E-state index in [9.17, 15) is 8.42 Å². The normalized spacial score (nSPS) is 20.6. The third kappa shape index (κ3) is 4.42. The van der Waals surface area contributed by atoms with Crippen LogP contribution >= 0.6 is 12.4 Å². The zero-order valence-corrected chi connectivity index (χ0v) is 13.4. The molecule has 0 radical (unpaired) electrons. The maximum atomic E-state index is 12.0. The molecular weight excluding hydrogens is 302 g/mol. The van der Waals surface area contributed by atoms with Crippen LogP contribution in [0.2, 0.25) is 0 Å². The summed E-state index contributed by atoms with van der Waals surface area (Å²) in [6.07, 6.45) is 2.85. The molecule has 116 valence electrons. The van der Waals surface area contributed by atoms with E-state index in [1.165, 1.54) is 17.1 Å². The lowest BCUT2D eigenvalue weighted by Crippen LogP contribution is -2.51. The van der Waals surface area contributed by atoms with Crippen LogP contribution in [0.5, 0.6) is 0 Å². The lowest BCUT2D eigenvalue weighted by molar-refractivity contribution is 0.177. The van der Waals surface area contributed by atoms with E-state index in [-0.39, 0.29) is 17.3 Å². The largest absolute Gasteiger partial charge is 0.314 e. The summed E-state index contributed by atoms with van der Waals surface area (Å²) in [4.78, 5) is 2.49. The molecular formula is C11H22ClN5O2S. The van der Waals surface area contributed by atoms with Gasteiger partial charge in [-0.25, -0.2) is 13.1 Å². The van der Waals surface area contributed by atoms with Crippen molar-refractivity contribution >= 4 is 22.4 Å². The highest BCUT2D eigenvalue weighted by Gasteiger charge is 2.19. The zero-order valence-electron chi connectivity index (χ0n) is 11.7. The second-order valence-corrected chi connectivity index (χ2v) is 6.60. The highest BCUT2D eigenvalue weighted by molar-refractivity contribution is 7.89. The molecule has 9 heteroatoms. The first kappa shape index (κ1) is 17.4. The second kappa shape index (κ2) is 7.37. The predicted molar refractivity (Wildman–Crippen MR) is 79.5 cm³/mol. The van der Waals surface area contributed by atoms with Crippen LogP contribution in [0.15, 0.2) is 17.3 Å². The molecule has 2 rings (SSSR count). The van der Waals surface area contributed by atoms with Gasteiger partial charge in [0, 0.05) is 52.0 Å². The summed E-state index contributed by atoms with van der Waals surface area (Å²) in [7, 11) is -1.74. The Morgan fingerprint density at radius 2 is 2.30 bits per heavy atom. The summed E-state index contributed by atoms with van der Waals surface area (Å²) in [5, 5.41) is 7.18. The summed E-state index contributed by atoms with van der Waals surface area (Å²) < 4.78 is 28.0. The molecule has 0 bridgehead atoms. The first-order valence-electron chi connectivity index (χ1n) is 6.42. The van der Waals surface area contributed by atoms with Gasteiger partial charge < -0.3 is 5.32 Å². The Morgan fingerprint density at radius 3 is 2.90 bits per heavy atom. The number of rotatable bonds is 5. The molecule has 20 heavy (non-hydrogen) atoms. The zero-order chi connectivity index (χ0) is 13.9. The van der Waals surface area contributed by atoms with Crippen molar-refractivity contribution in [1.82, 2.24) is 24.7 Å². The Hall–Kier alpha value is -0.670. The number of aromatic nitrogens is 2. The van der Waals surface area contributed by atoms with Crippen molar-refractivity contribution in [3.63, 3.8) is 0 Å². The van der Waals surface area contributed by atoms with Gasteiger partial charge in [-0.15, -0.1) is 12.4 Å². The van der Waals surface area contributed by atoms with Gasteiger partial charge in [0.1, 0.15) is 4.90 Å². The van der Waals surface area contributed by atoms with E-state index in [1.807, 2.05) is 0 Å². The van der Waals surface area contributed by atoms with E-state index in [4.69, 9.17) is 0 Å². The van der Waals surface area contributed by atoms with Crippen LogP contribution in [-0.2, 0) is 17.1 Å². The number of aryl methyl sites for hydroxylation is 1. The molecule has 2 heterocycles. The Labute approximate surface area is 126 Å². The van der Waals surface area contributed by atoms with Gasteiger partial charge in [0.15, 0.2) is 0 Å². The maximum Gasteiger partial charge on any atom is 0.243 e. The minimum atomic E-state index is -3.43. The van der Waals surface area contributed by atoms with Crippen LogP contribution in [0, 0.1) is 0 Å². The molecule has 0 aliphatic carbocycles. The molecule has 1 saturated heterocycles. The SMILES string of the molecule is C[C@@H]1CNCCN1CCNS(=O)(=O)c1cnn(C)c1.Cl. The Bertz CT molecular complexity index is 519. The summed E-state index contributed by atoms with van der Waals surface area (Å²) in [5.41, 5.74) is 0. The van der Waals surface area contributed by atoms with Crippen LogP contribution in [0.1, 0.15) is 6.92 Å². The average Bonchev–Trinajstić information content (AvgIpc) is 2.79. The number of sulfonamides is 1. The molecule has 0 saturated carbocycles. The van der Waals surface area contributed by atoms with Crippen LogP contribution in [0.3, 0.4) is 0 Å². The number of halogens is 1. The van der Waals surface area contributed by atoms with Gasteiger partial charge in [-0.05, 0) is 6.92 Å². The van der Waals surface area contributed by atoms with Crippen LogP contribution < -0.4 is 10.0 Å². The minimum absolute atomic E-state index is 0. The van der Waals surface area contributed by atoms with Crippen molar-refractivity contribution in [2.24, 2.45) is 7.05 Å². The number of hydrogen-bond acceptors (Lipinski definition) is 5. The minimum Gasteiger partial charge on any atom is -0.314 e. The van der Waals surface area contributed by atoms with E-state index in [2.05, 4.69) is 27.0 Å². The van der Waals surface area contributed by atoms with Crippen molar-refractivity contribution in [2.45, 2.75) is 17.9 Å². The van der Waals surface area contributed by atoms with E-state index < -0.39 is 10.0 Å². The molecule has 1 aliphatic rings. The van der Waals surface area contributed by atoms with Gasteiger partial charge in [-0.3, -0.25) is 9.58 Å². The summed E-state index contributed by atoms with van der Waals surface area (Å²) >= 11 is 0. The topological polar surface area (TPSA) is 79.3 Å². The fraction of sp³-hybridized carbons (Fsp3) is 0.727. The van der Waals surface area contributed by atoms with Crippen LogP contribution in [0.25, 0.3) is 0 Å². The predicted octanol–water partition coefficient (Wildman–Crippen LogP) is -0.586. The smallest absolute Gasteiger partial charge is 0.243 e. The Morgan fingerprint density at radius 1 is 1.55 bits per heavy atom. The van der Waals surface area contributed by atoms with Gasteiger partial charge >= 0.3 is 0 Å². The van der Waals surface area contributed by atoms with Crippen molar-refractivity contribution in [1.29, 1.82) is 0 Å². The van der Waals surface area contributed by atoms with Gasteiger partial charge in [-0.1, -0.05) is 0 Å². The molecule has 1 aromatic heterocycles.